The molecule has 2 aromatic carbocycles. The second-order valence-electron chi connectivity index (χ2n) is 5.04. The molecule has 0 saturated heterocycles. The van der Waals surface area contributed by atoms with Crippen LogP contribution in [0.15, 0.2) is 42.0 Å². The average Bonchev–Trinajstić information content (AvgIpc) is 2.63. The van der Waals surface area contributed by atoms with Crippen molar-refractivity contribution in [3.05, 3.63) is 58.4 Å². The van der Waals surface area contributed by atoms with Crippen LogP contribution in [0.4, 0.5) is 18.9 Å². The van der Waals surface area contributed by atoms with Crippen LogP contribution in [0.2, 0.25) is 5.02 Å². The molecule has 0 saturated carbocycles. The van der Waals surface area contributed by atoms with Gasteiger partial charge in [-0.2, -0.15) is 14.0 Å². The average molecular weight is 397 g/mol. The molecule has 27 heavy (non-hydrogen) atoms. The summed E-state index contributed by atoms with van der Waals surface area (Å²) in [5.74, 6) is -1.59. The number of carbonyl (C=O) groups excluding carboxylic acids is 1. The Morgan fingerprint density at radius 3 is 2.59 bits per heavy atom. The molecule has 0 radical (unpaired) electrons. The number of alkyl halides is 2. The number of carbonyl (C=O) groups is 1. The van der Waals surface area contributed by atoms with Gasteiger partial charge >= 0.3 is 6.61 Å². The van der Waals surface area contributed by atoms with E-state index in [2.05, 4.69) is 10.1 Å². The monoisotopic (exact) mass is 396 g/mol. The fourth-order valence-electron chi connectivity index (χ4n) is 2.05. The molecule has 0 fully saturated rings. The standard InChI is InChI=1S/C18H12ClF3N2O3/c1-26-16-7-10(2-5-15(16)27-18(21)22)6-11(9-23)17(25)24-12-3-4-14(20)13(19)8-12/h2-8,18H,1H3,(H,24,25)/b11-6+. The van der Waals surface area contributed by atoms with Gasteiger partial charge in [-0.25, -0.2) is 4.39 Å². The first-order valence-electron chi connectivity index (χ1n) is 7.35. The number of nitrogens with zero attached hydrogens (tertiary/aromatic N) is 1. The first-order chi connectivity index (χ1) is 12.8. The van der Waals surface area contributed by atoms with Crippen molar-refractivity contribution in [1.29, 1.82) is 5.26 Å². The van der Waals surface area contributed by atoms with Gasteiger partial charge in [-0.15, -0.1) is 0 Å². The molecule has 5 nitrogen and oxygen atoms in total. The number of nitriles is 1. The normalized spacial score (nSPS) is 11.1. The van der Waals surface area contributed by atoms with Crippen LogP contribution in [-0.2, 0) is 4.79 Å². The summed E-state index contributed by atoms with van der Waals surface area (Å²) >= 11 is 5.64. The van der Waals surface area contributed by atoms with E-state index >= 15 is 0 Å². The molecule has 1 amide bonds. The van der Waals surface area contributed by atoms with Crippen molar-refractivity contribution in [1.82, 2.24) is 0 Å². The molecule has 0 aromatic heterocycles. The van der Waals surface area contributed by atoms with Gasteiger partial charge in [0.2, 0.25) is 0 Å². The van der Waals surface area contributed by atoms with Gasteiger partial charge in [-0.3, -0.25) is 4.79 Å². The van der Waals surface area contributed by atoms with Crippen LogP contribution in [0.3, 0.4) is 0 Å². The fraction of sp³-hybridized carbons (Fsp3) is 0.111. The van der Waals surface area contributed by atoms with E-state index in [1.54, 1.807) is 6.07 Å². The lowest BCUT2D eigenvalue weighted by atomic mass is 10.1. The molecule has 0 aliphatic carbocycles. The zero-order chi connectivity index (χ0) is 20.0. The van der Waals surface area contributed by atoms with Crippen LogP contribution < -0.4 is 14.8 Å². The van der Waals surface area contributed by atoms with E-state index in [1.165, 1.54) is 43.5 Å². The van der Waals surface area contributed by atoms with Crippen molar-refractivity contribution in [3.63, 3.8) is 0 Å². The van der Waals surface area contributed by atoms with Crippen molar-refractivity contribution < 1.29 is 27.4 Å². The fourth-order valence-corrected chi connectivity index (χ4v) is 2.24. The SMILES string of the molecule is COc1cc(/C=C(\C#N)C(=O)Nc2ccc(F)c(Cl)c2)ccc1OC(F)F. The van der Waals surface area contributed by atoms with E-state index < -0.39 is 18.3 Å². The summed E-state index contributed by atoms with van der Waals surface area (Å²) in [5.41, 5.74) is 0.267. The van der Waals surface area contributed by atoms with Crippen molar-refractivity contribution >= 4 is 29.3 Å². The molecule has 2 aromatic rings. The van der Waals surface area contributed by atoms with Gasteiger partial charge in [0.05, 0.1) is 12.1 Å². The molecule has 1 N–H and O–H groups in total. The van der Waals surface area contributed by atoms with E-state index in [0.29, 0.717) is 5.56 Å². The van der Waals surface area contributed by atoms with Crippen molar-refractivity contribution in [2.75, 3.05) is 12.4 Å². The summed E-state index contributed by atoms with van der Waals surface area (Å²) in [7, 11) is 1.26. The number of halogens is 4. The highest BCUT2D eigenvalue weighted by atomic mass is 35.5. The molecule has 0 heterocycles. The van der Waals surface area contributed by atoms with Crippen molar-refractivity contribution in [3.8, 4) is 17.6 Å². The Kier molecular flexibility index (Phi) is 6.68. The quantitative estimate of drug-likeness (QED) is 0.570. The number of rotatable bonds is 6. The first kappa shape index (κ1) is 20.1. The van der Waals surface area contributed by atoms with Gasteiger partial charge in [0, 0.05) is 5.69 Å². The number of ether oxygens (including phenoxy) is 2. The Morgan fingerprint density at radius 2 is 2.00 bits per heavy atom. The number of nitrogens with one attached hydrogen (secondary N) is 1. The maximum atomic E-state index is 13.2. The molecular weight excluding hydrogens is 385 g/mol. The van der Waals surface area contributed by atoms with E-state index in [4.69, 9.17) is 16.3 Å². The number of methoxy groups -OCH3 is 1. The molecule has 0 aliphatic heterocycles. The van der Waals surface area contributed by atoms with Crippen LogP contribution in [0.25, 0.3) is 6.08 Å². The molecular formula is C18H12ClF3N2O3. The van der Waals surface area contributed by atoms with E-state index in [1.807, 2.05) is 0 Å². The third-order valence-corrected chi connectivity index (χ3v) is 3.55. The number of hydrogen-bond donors (Lipinski definition) is 1. The Morgan fingerprint density at radius 1 is 1.26 bits per heavy atom. The maximum absolute atomic E-state index is 13.2. The third kappa shape index (κ3) is 5.39. The maximum Gasteiger partial charge on any atom is 0.387 e. The molecule has 0 aliphatic rings. The van der Waals surface area contributed by atoms with Crippen LogP contribution >= 0.6 is 11.6 Å². The second-order valence-corrected chi connectivity index (χ2v) is 5.45. The molecule has 9 heteroatoms. The zero-order valence-electron chi connectivity index (χ0n) is 13.8. The smallest absolute Gasteiger partial charge is 0.387 e. The Hall–Kier alpha value is -3.18. The Labute approximate surface area is 157 Å². The lowest BCUT2D eigenvalue weighted by Gasteiger charge is -2.10. The molecule has 2 rings (SSSR count). The minimum absolute atomic E-state index is 0.00654. The van der Waals surface area contributed by atoms with Crippen molar-refractivity contribution in [2.45, 2.75) is 6.61 Å². The number of hydrogen-bond acceptors (Lipinski definition) is 4. The van der Waals surface area contributed by atoms with Gasteiger partial charge in [0.15, 0.2) is 11.5 Å². The van der Waals surface area contributed by atoms with Gasteiger partial charge in [-0.1, -0.05) is 17.7 Å². The highest BCUT2D eigenvalue weighted by Gasteiger charge is 2.13. The zero-order valence-corrected chi connectivity index (χ0v) is 14.6. The molecule has 140 valence electrons. The molecule has 0 bridgehead atoms. The summed E-state index contributed by atoms with van der Waals surface area (Å²) in [5, 5.41) is 11.4. The summed E-state index contributed by atoms with van der Waals surface area (Å²) in [6, 6.07) is 9.21. The van der Waals surface area contributed by atoms with Crippen molar-refractivity contribution in [2.24, 2.45) is 0 Å². The van der Waals surface area contributed by atoms with Crippen LogP contribution in [0.1, 0.15) is 5.56 Å². The Bertz CT molecular complexity index is 927. The van der Waals surface area contributed by atoms with Crippen LogP contribution in [-0.4, -0.2) is 19.6 Å². The predicted molar refractivity (Wildman–Crippen MR) is 93.3 cm³/mol. The highest BCUT2D eigenvalue weighted by molar-refractivity contribution is 6.31. The topological polar surface area (TPSA) is 71.3 Å². The minimum Gasteiger partial charge on any atom is -0.493 e. The number of amides is 1. The summed E-state index contributed by atoms with van der Waals surface area (Å²) < 4.78 is 47.1. The summed E-state index contributed by atoms with van der Waals surface area (Å²) in [6.07, 6.45) is 1.23. The van der Waals surface area contributed by atoms with E-state index in [-0.39, 0.29) is 27.8 Å². The minimum atomic E-state index is -3.02. The van der Waals surface area contributed by atoms with Gasteiger partial charge < -0.3 is 14.8 Å². The molecule has 0 unspecified atom stereocenters. The largest absolute Gasteiger partial charge is 0.493 e. The van der Waals surface area contributed by atoms with Crippen LogP contribution in [0.5, 0.6) is 11.5 Å². The second kappa shape index (κ2) is 8.96. The van der Waals surface area contributed by atoms with E-state index in [9.17, 15) is 23.2 Å². The van der Waals surface area contributed by atoms with Gasteiger partial charge in [0.1, 0.15) is 17.5 Å². The third-order valence-electron chi connectivity index (χ3n) is 3.26. The predicted octanol–water partition coefficient (Wildman–Crippen LogP) is 4.63. The van der Waals surface area contributed by atoms with Crippen LogP contribution in [0, 0.1) is 17.1 Å². The number of anilines is 1. The lowest BCUT2D eigenvalue weighted by Crippen LogP contribution is -2.13. The number of benzene rings is 2. The molecule has 0 spiro atoms. The van der Waals surface area contributed by atoms with Gasteiger partial charge in [0.25, 0.3) is 5.91 Å². The highest BCUT2D eigenvalue weighted by Crippen LogP contribution is 2.30. The summed E-state index contributed by atoms with van der Waals surface area (Å²) in [6.45, 7) is -3.02. The molecule has 0 atom stereocenters. The Balaban J connectivity index is 2.25. The van der Waals surface area contributed by atoms with Gasteiger partial charge in [-0.05, 0) is 42.0 Å². The summed E-state index contributed by atoms with van der Waals surface area (Å²) in [4.78, 5) is 12.2. The lowest BCUT2D eigenvalue weighted by molar-refractivity contribution is -0.112. The van der Waals surface area contributed by atoms with E-state index in [0.717, 1.165) is 6.07 Å². The first-order valence-corrected chi connectivity index (χ1v) is 7.73.